The summed E-state index contributed by atoms with van der Waals surface area (Å²) in [5.74, 6) is 2.26. The van der Waals surface area contributed by atoms with Crippen LogP contribution in [-0.2, 0) is 6.54 Å². The highest BCUT2D eigenvalue weighted by Crippen LogP contribution is 2.53. The minimum Gasteiger partial charge on any atom is -0.304 e. The molecule has 2 aromatic rings. The van der Waals surface area contributed by atoms with E-state index in [0.29, 0.717) is 11.8 Å². The van der Waals surface area contributed by atoms with Gasteiger partial charge in [-0.1, -0.05) is 29.8 Å². The normalized spacial score (nSPS) is 22.1. The van der Waals surface area contributed by atoms with E-state index >= 15 is 0 Å². The minimum atomic E-state index is 0.528. The fourth-order valence-corrected chi connectivity index (χ4v) is 2.85. The number of hydrogen-bond acceptors (Lipinski definition) is 2. The molecule has 0 aliphatic heterocycles. The van der Waals surface area contributed by atoms with Crippen molar-refractivity contribution in [2.75, 3.05) is 0 Å². The molecule has 0 saturated heterocycles. The van der Waals surface area contributed by atoms with Gasteiger partial charge in [-0.05, 0) is 44.0 Å². The van der Waals surface area contributed by atoms with E-state index in [0.717, 1.165) is 17.1 Å². The Bertz CT molecular complexity index is 609. The van der Waals surface area contributed by atoms with Gasteiger partial charge in [0.15, 0.2) is 4.77 Å². The first kappa shape index (κ1) is 11.7. The second-order valence-corrected chi connectivity index (χ2v) is 5.38. The van der Waals surface area contributed by atoms with Gasteiger partial charge < -0.3 is 4.57 Å². The number of hydrogen-bond donors (Lipinski definition) is 1. The Morgan fingerprint density at radius 3 is 2.72 bits per heavy atom. The van der Waals surface area contributed by atoms with Gasteiger partial charge in [-0.15, -0.1) is 0 Å². The highest BCUT2D eigenvalue weighted by Gasteiger charge is 2.42. The first-order valence-electron chi connectivity index (χ1n) is 6.42. The zero-order chi connectivity index (χ0) is 12.7. The van der Waals surface area contributed by atoms with Crippen molar-refractivity contribution >= 4 is 12.2 Å². The minimum absolute atomic E-state index is 0.528. The molecule has 1 aromatic carbocycles. The number of nitrogens with one attached hydrogen (secondary N) is 1. The maximum atomic E-state index is 5.24. The largest absolute Gasteiger partial charge is 0.304 e. The van der Waals surface area contributed by atoms with E-state index < -0.39 is 0 Å². The number of aryl methyl sites for hydroxylation is 1. The highest BCUT2D eigenvalue weighted by atomic mass is 32.1. The lowest BCUT2D eigenvalue weighted by Crippen LogP contribution is -2.01. The smallest absolute Gasteiger partial charge is 0.195 e. The molecule has 1 aliphatic rings. The molecule has 1 aromatic heterocycles. The predicted octanol–water partition coefficient (Wildman–Crippen LogP) is 3.54. The number of rotatable bonds is 3. The Labute approximate surface area is 112 Å². The summed E-state index contributed by atoms with van der Waals surface area (Å²) in [7, 11) is 0. The zero-order valence-electron chi connectivity index (χ0n) is 10.7. The summed E-state index contributed by atoms with van der Waals surface area (Å²) in [6.45, 7) is 5.12. The van der Waals surface area contributed by atoms with Crippen LogP contribution in [0.4, 0.5) is 0 Å². The second kappa shape index (κ2) is 4.35. The third kappa shape index (κ3) is 1.90. The van der Waals surface area contributed by atoms with Gasteiger partial charge in [0.1, 0.15) is 5.82 Å². The van der Waals surface area contributed by atoms with Gasteiger partial charge in [-0.25, -0.2) is 0 Å². The molecule has 3 rings (SSSR count). The molecule has 1 heterocycles. The quantitative estimate of drug-likeness (QED) is 0.855. The Balaban J connectivity index is 1.85. The van der Waals surface area contributed by atoms with E-state index in [1.54, 1.807) is 0 Å². The average molecular weight is 259 g/mol. The maximum absolute atomic E-state index is 5.24. The Kier molecular flexibility index (Phi) is 2.82. The number of H-pyrrole nitrogens is 1. The summed E-state index contributed by atoms with van der Waals surface area (Å²) in [4.78, 5) is 0. The molecule has 0 amide bonds. The summed E-state index contributed by atoms with van der Waals surface area (Å²) < 4.78 is 2.84. The molecule has 2 unspecified atom stereocenters. The van der Waals surface area contributed by atoms with Crippen molar-refractivity contribution in [1.29, 1.82) is 0 Å². The molecule has 1 N–H and O–H groups in total. The van der Waals surface area contributed by atoms with Gasteiger partial charge >= 0.3 is 0 Å². The molecule has 94 valence electrons. The fraction of sp³-hybridized carbons (Fsp3) is 0.429. The van der Waals surface area contributed by atoms with Crippen molar-refractivity contribution in [3.05, 3.63) is 46.0 Å². The summed E-state index contributed by atoms with van der Waals surface area (Å²) in [5, 5.41) is 7.29. The van der Waals surface area contributed by atoms with E-state index in [2.05, 4.69) is 52.9 Å². The van der Waals surface area contributed by atoms with E-state index in [1.807, 2.05) is 0 Å². The van der Waals surface area contributed by atoms with E-state index in [-0.39, 0.29) is 0 Å². The summed E-state index contributed by atoms with van der Waals surface area (Å²) >= 11 is 5.24. The summed E-state index contributed by atoms with van der Waals surface area (Å²) in [6.07, 6.45) is 1.18. The first-order chi connectivity index (χ1) is 8.70. The van der Waals surface area contributed by atoms with Gasteiger partial charge in [0.05, 0.1) is 0 Å². The highest BCUT2D eigenvalue weighted by molar-refractivity contribution is 7.71. The zero-order valence-corrected chi connectivity index (χ0v) is 11.5. The molecule has 1 saturated carbocycles. The SMILES string of the molecule is CCn1c(C2CC2c2ccc(C)cc2)n[nH]c1=S. The van der Waals surface area contributed by atoms with Crippen LogP contribution in [0.2, 0.25) is 0 Å². The average Bonchev–Trinajstić information content (AvgIpc) is 3.07. The van der Waals surface area contributed by atoms with Gasteiger partial charge in [0.2, 0.25) is 0 Å². The van der Waals surface area contributed by atoms with Crippen LogP contribution in [0.15, 0.2) is 24.3 Å². The van der Waals surface area contributed by atoms with Gasteiger partial charge in [-0.3, -0.25) is 5.10 Å². The van der Waals surface area contributed by atoms with E-state index in [1.165, 1.54) is 17.5 Å². The van der Waals surface area contributed by atoms with Gasteiger partial charge in [-0.2, -0.15) is 5.10 Å². The third-order valence-corrected chi connectivity index (χ3v) is 4.04. The van der Waals surface area contributed by atoms with E-state index in [9.17, 15) is 0 Å². The van der Waals surface area contributed by atoms with Crippen molar-refractivity contribution in [2.45, 2.75) is 38.6 Å². The fourth-order valence-electron chi connectivity index (χ4n) is 2.58. The van der Waals surface area contributed by atoms with Crippen molar-refractivity contribution in [1.82, 2.24) is 14.8 Å². The number of aromatic nitrogens is 3. The van der Waals surface area contributed by atoms with E-state index in [4.69, 9.17) is 12.2 Å². The summed E-state index contributed by atoms with van der Waals surface area (Å²) in [5.41, 5.74) is 2.73. The molecule has 2 atom stereocenters. The molecule has 3 nitrogen and oxygen atoms in total. The van der Waals surface area contributed by atoms with Crippen LogP contribution in [0.25, 0.3) is 0 Å². The number of nitrogens with zero attached hydrogens (tertiary/aromatic N) is 2. The van der Waals surface area contributed by atoms with Crippen molar-refractivity contribution in [3.8, 4) is 0 Å². The van der Waals surface area contributed by atoms with Crippen LogP contribution >= 0.6 is 12.2 Å². The molecule has 0 spiro atoms. The lowest BCUT2D eigenvalue weighted by molar-refractivity contribution is 0.687. The van der Waals surface area contributed by atoms with Crippen LogP contribution in [-0.4, -0.2) is 14.8 Å². The van der Waals surface area contributed by atoms with Gasteiger partial charge in [0.25, 0.3) is 0 Å². The lowest BCUT2D eigenvalue weighted by atomic mass is 10.1. The van der Waals surface area contributed by atoms with Gasteiger partial charge in [0, 0.05) is 12.5 Å². The molecule has 1 aliphatic carbocycles. The molecule has 1 fully saturated rings. The predicted molar refractivity (Wildman–Crippen MR) is 74.4 cm³/mol. The van der Waals surface area contributed by atoms with Crippen molar-refractivity contribution in [2.24, 2.45) is 0 Å². The molecule has 0 bridgehead atoms. The van der Waals surface area contributed by atoms with Crippen LogP contribution in [0.5, 0.6) is 0 Å². The molecular weight excluding hydrogens is 242 g/mol. The lowest BCUT2D eigenvalue weighted by Gasteiger charge is -2.03. The molecular formula is C14H17N3S. The van der Waals surface area contributed by atoms with Crippen LogP contribution in [0.3, 0.4) is 0 Å². The second-order valence-electron chi connectivity index (χ2n) is 4.99. The van der Waals surface area contributed by atoms with Crippen molar-refractivity contribution < 1.29 is 0 Å². The Morgan fingerprint density at radius 1 is 1.33 bits per heavy atom. The van der Waals surface area contributed by atoms with Crippen molar-refractivity contribution in [3.63, 3.8) is 0 Å². The Hall–Kier alpha value is -1.42. The third-order valence-electron chi connectivity index (χ3n) is 3.73. The number of aromatic amines is 1. The molecule has 0 radical (unpaired) electrons. The maximum Gasteiger partial charge on any atom is 0.195 e. The standard InChI is InChI=1S/C14H17N3S/c1-3-17-13(15-16-14(17)18)12-8-11(12)10-6-4-9(2)5-7-10/h4-7,11-12H,3,8H2,1-2H3,(H,16,18). The number of benzene rings is 1. The Morgan fingerprint density at radius 2 is 2.06 bits per heavy atom. The van der Waals surface area contributed by atoms with Crippen LogP contribution in [0, 0.1) is 11.7 Å². The monoisotopic (exact) mass is 259 g/mol. The molecule has 4 heteroatoms. The topological polar surface area (TPSA) is 33.6 Å². The van der Waals surface area contributed by atoms with Crippen LogP contribution in [0.1, 0.15) is 42.1 Å². The van der Waals surface area contributed by atoms with Crippen LogP contribution < -0.4 is 0 Å². The molecule has 18 heavy (non-hydrogen) atoms. The first-order valence-corrected chi connectivity index (χ1v) is 6.83. The summed E-state index contributed by atoms with van der Waals surface area (Å²) in [6, 6.07) is 8.83.